The van der Waals surface area contributed by atoms with Crippen molar-refractivity contribution in [3.05, 3.63) is 100 Å². The van der Waals surface area contributed by atoms with Crippen LogP contribution in [-0.2, 0) is 11.0 Å². The molecule has 0 saturated carbocycles. The van der Waals surface area contributed by atoms with Crippen molar-refractivity contribution in [1.29, 1.82) is 0 Å². The maximum atomic E-state index is 11.2. The molecule has 0 radical (unpaired) electrons. The first-order valence-electron chi connectivity index (χ1n) is 10.5. The van der Waals surface area contributed by atoms with Crippen LogP contribution in [0.2, 0.25) is 0 Å². The largest absolute Gasteiger partial charge is 0.385 e. The second-order valence-corrected chi connectivity index (χ2v) is 8.62. The molecule has 4 heteroatoms. The summed E-state index contributed by atoms with van der Waals surface area (Å²) in [4.78, 5) is 13.6. The summed E-state index contributed by atoms with van der Waals surface area (Å²) in [5.74, 6) is 0. The van der Waals surface area contributed by atoms with Crippen LogP contribution in [0.1, 0.15) is 43.4 Å². The summed E-state index contributed by atoms with van der Waals surface area (Å²) in [6.07, 6.45) is 1.55. The van der Waals surface area contributed by atoms with Crippen LogP contribution >= 0.6 is 0 Å². The first-order chi connectivity index (χ1) is 14.4. The van der Waals surface area contributed by atoms with Crippen LogP contribution < -0.4 is 4.90 Å². The number of nitrogens with zero attached hydrogens (tertiary/aromatic N) is 2. The molecule has 1 N–H and O–H groups in total. The average Bonchev–Trinajstić information content (AvgIpc) is 2.79. The van der Waals surface area contributed by atoms with Crippen LogP contribution in [0.3, 0.4) is 0 Å². The zero-order valence-corrected chi connectivity index (χ0v) is 17.6. The number of fused-ring (bicyclic) bond motifs is 1. The van der Waals surface area contributed by atoms with Gasteiger partial charge in [-0.1, -0.05) is 67.6 Å². The highest BCUT2D eigenvalue weighted by atomic mass is 16.3. The lowest BCUT2D eigenvalue weighted by molar-refractivity contribution is 0.0496. The molecule has 30 heavy (non-hydrogen) atoms. The van der Waals surface area contributed by atoms with Crippen molar-refractivity contribution in [3.63, 3.8) is 0 Å². The second kappa shape index (κ2) is 8.04. The number of aliphatic hydroxyl groups is 1. The van der Waals surface area contributed by atoms with Gasteiger partial charge in [0.25, 0.3) is 0 Å². The van der Waals surface area contributed by atoms with Gasteiger partial charge < -0.3 is 10.0 Å². The van der Waals surface area contributed by atoms with Gasteiger partial charge in [0.15, 0.2) is 0 Å². The van der Waals surface area contributed by atoms with Gasteiger partial charge in [-0.15, -0.1) is 4.91 Å². The third kappa shape index (κ3) is 3.75. The number of nitroso groups, excluding NO2 is 1. The molecule has 0 aliphatic carbocycles. The first-order valence-corrected chi connectivity index (χ1v) is 10.5. The van der Waals surface area contributed by atoms with Crippen molar-refractivity contribution in [2.75, 3.05) is 18.0 Å². The van der Waals surface area contributed by atoms with Crippen LogP contribution in [0, 0.1) is 4.91 Å². The van der Waals surface area contributed by atoms with E-state index in [2.05, 4.69) is 41.3 Å². The molecule has 0 amide bonds. The summed E-state index contributed by atoms with van der Waals surface area (Å²) < 4.78 is 0. The number of benzene rings is 3. The van der Waals surface area contributed by atoms with E-state index in [1.54, 1.807) is 6.07 Å². The van der Waals surface area contributed by atoms with E-state index in [-0.39, 0.29) is 5.41 Å². The molecule has 0 fully saturated rings. The Labute approximate surface area is 178 Å². The maximum Gasteiger partial charge on any atom is 0.108 e. The normalized spacial score (nSPS) is 20.3. The van der Waals surface area contributed by atoms with Gasteiger partial charge in [0.05, 0.1) is 5.60 Å². The third-order valence-electron chi connectivity index (χ3n) is 6.58. The van der Waals surface area contributed by atoms with E-state index in [1.165, 1.54) is 5.56 Å². The summed E-state index contributed by atoms with van der Waals surface area (Å²) in [5, 5.41) is 14.2. The van der Waals surface area contributed by atoms with Crippen molar-refractivity contribution >= 4 is 11.4 Å². The van der Waals surface area contributed by atoms with Gasteiger partial charge >= 0.3 is 0 Å². The van der Waals surface area contributed by atoms with Crippen molar-refractivity contribution in [1.82, 2.24) is 0 Å². The van der Waals surface area contributed by atoms with E-state index in [9.17, 15) is 10.0 Å². The molecule has 4 nitrogen and oxygen atoms in total. The molecule has 3 aromatic rings. The van der Waals surface area contributed by atoms with E-state index in [1.807, 2.05) is 55.5 Å². The molecule has 1 heterocycles. The van der Waals surface area contributed by atoms with Gasteiger partial charge in [-0.2, -0.15) is 0 Å². The predicted molar refractivity (Wildman–Crippen MR) is 122 cm³/mol. The second-order valence-electron chi connectivity index (χ2n) is 8.62. The molecule has 2 atom stereocenters. The highest BCUT2D eigenvalue weighted by Gasteiger charge is 2.37. The molecule has 0 spiro atoms. The molecule has 0 saturated heterocycles. The summed E-state index contributed by atoms with van der Waals surface area (Å²) in [6, 6.07) is 26.0. The van der Waals surface area contributed by atoms with E-state index in [0.29, 0.717) is 12.1 Å². The van der Waals surface area contributed by atoms with Crippen molar-refractivity contribution < 1.29 is 5.11 Å². The highest BCUT2D eigenvalue weighted by molar-refractivity contribution is 5.66. The highest BCUT2D eigenvalue weighted by Crippen LogP contribution is 2.46. The Bertz CT molecular complexity index is 1020. The maximum absolute atomic E-state index is 11.2. The minimum atomic E-state index is -0.897. The summed E-state index contributed by atoms with van der Waals surface area (Å²) >= 11 is 0. The quantitative estimate of drug-likeness (QED) is 0.524. The molecule has 0 bridgehead atoms. The Morgan fingerprint density at radius 1 is 1.03 bits per heavy atom. The minimum Gasteiger partial charge on any atom is -0.385 e. The van der Waals surface area contributed by atoms with Crippen LogP contribution in [0.5, 0.6) is 0 Å². The van der Waals surface area contributed by atoms with Gasteiger partial charge in [0.2, 0.25) is 0 Å². The number of hydrogen-bond acceptors (Lipinski definition) is 4. The SMILES string of the molecule is CC(O)(CCN1CCC(C)(c2ccccc2)c2cc(N=O)ccc21)c1ccccc1. The summed E-state index contributed by atoms with van der Waals surface area (Å²) in [7, 11) is 0. The van der Waals surface area contributed by atoms with E-state index in [0.717, 1.165) is 36.3 Å². The Morgan fingerprint density at radius 3 is 2.37 bits per heavy atom. The number of anilines is 1. The van der Waals surface area contributed by atoms with Gasteiger partial charge in [0.1, 0.15) is 5.69 Å². The molecule has 1 aliphatic heterocycles. The lowest BCUT2D eigenvalue weighted by Gasteiger charge is -2.43. The summed E-state index contributed by atoms with van der Waals surface area (Å²) in [6.45, 7) is 5.73. The zero-order chi connectivity index (χ0) is 21.2. The topological polar surface area (TPSA) is 52.9 Å². The van der Waals surface area contributed by atoms with Crippen LogP contribution in [0.25, 0.3) is 0 Å². The Kier molecular flexibility index (Phi) is 5.44. The Morgan fingerprint density at radius 2 is 1.70 bits per heavy atom. The van der Waals surface area contributed by atoms with E-state index >= 15 is 0 Å². The molecule has 4 rings (SSSR count). The lowest BCUT2D eigenvalue weighted by atomic mass is 9.70. The van der Waals surface area contributed by atoms with Crippen molar-refractivity contribution in [2.24, 2.45) is 5.18 Å². The predicted octanol–water partition coefficient (Wildman–Crippen LogP) is 5.90. The third-order valence-corrected chi connectivity index (χ3v) is 6.58. The van der Waals surface area contributed by atoms with Gasteiger partial charge in [-0.05, 0) is 59.8 Å². The minimum absolute atomic E-state index is 0.185. The van der Waals surface area contributed by atoms with Crippen molar-refractivity contribution in [2.45, 2.75) is 37.7 Å². The summed E-state index contributed by atoms with van der Waals surface area (Å²) in [5.41, 5.74) is 3.78. The Balaban J connectivity index is 1.65. The van der Waals surface area contributed by atoms with Gasteiger partial charge in [-0.3, -0.25) is 0 Å². The molecule has 0 aromatic heterocycles. The molecule has 3 aromatic carbocycles. The molecular weight excluding hydrogens is 372 g/mol. The fourth-order valence-electron chi connectivity index (χ4n) is 4.54. The monoisotopic (exact) mass is 400 g/mol. The fourth-order valence-corrected chi connectivity index (χ4v) is 4.54. The lowest BCUT2D eigenvalue weighted by Crippen LogP contribution is -2.41. The van der Waals surface area contributed by atoms with E-state index < -0.39 is 5.60 Å². The van der Waals surface area contributed by atoms with Gasteiger partial charge in [-0.25, -0.2) is 0 Å². The van der Waals surface area contributed by atoms with Crippen LogP contribution in [0.15, 0.2) is 84.0 Å². The average molecular weight is 401 g/mol. The Hall–Kier alpha value is -2.98. The molecule has 154 valence electrons. The van der Waals surface area contributed by atoms with Crippen molar-refractivity contribution in [3.8, 4) is 0 Å². The van der Waals surface area contributed by atoms with E-state index in [4.69, 9.17) is 0 Å². The van der Waals surface area contributed by atoms with Crippen LogP contribution in [-0.4, -0.2) is 18.2 Å². The fraction of sp³-hybridized carbons (Fsp3) is 0.308. The number of hydrogen-bond donors (Lipinski definition) is 1. The molecule has 1 aliphatic rings. The first kappa shape index (κ1) is 20.3. The smallest absolute Gasteiger partial charge is 0.108 e. The molecular formula is C26H28N2O2. The number of rotatable bonds is 6. The zero-order valence-electron chi connectivity index (χ0n) is 17.6. The molecule has 2 unspecified atom stereocenters. The van der Waals surface area contributed by atoms with Gasteiger partial charge in [0, 0.05) is 24.2 Å². The van der Waals surface area contributed by atoms with Crippen LogP contribution in [0.4, 0.5) is 11.4 Å². The standard InChI is InChI=1S/C26H28N2O2/c1-25(20-9-5-3-6-10-20)15-17-28(24-14-13-22(27-30)19-23(24)25)18-16-26(2,29)21-11-7-4-8-12-21/h3-14,19,29H,15-18H2,1-2H3.